The number of aromatic nitrogens is 5. The number of aryl methyl sites for hydroxylation is 2. The standard InChI is InChI=1S/C27H22FN5O2/c1-35-16-23-25(17-6-8-19(28)9-7-17)26-30-15-21-24(33(26)31-23)11-13-32(27(21)34)12-10-18-14-29-22-5-3-2-4-20(18)22/h2-9,11,13-15,29H,10,12,16H2,1H3. The maximum absolute atomic E-state index is 13.5. The fourth-order valence-electron chi connectivity index (χ4n) is 4.66. The van der Waals surface area contributed by atoms with E-state index in [4.69, 9.17) is 9.84 Å². The normalized spacial score (nSPS) is 11.7. The van der Waals surface area contributed by atoms with Crippen molar-refractivity contribution in [2.75, 3.05) is 7.11 Å². The van der Waals surface area contributed by atoms with Gasteiger partial charge in [-0.3, -0.25) is 4.79 Å². The van der Waals surface area contributed by atoms with Crippen molar-refractivity contribution >= 4 is 27.5 Å². The van der Waals surface area contributed by atoms with Gasteiger partial charge in [0.15, 0.2) is 5.65 Å². The molecule has 0 aliphatic rings. The van der Waals surface area contributed by atoms with Gasteiger partial charge in [-0.1, -0.05) is 30.3 Å². The minimum absolute atomic E-state index is 0.121. The number of halogens is 1. The van der Waals surface area contributed by atoms with E-state index >= 15 is 0 Å². The summed E-state index contributed by atoms with van der Waals surface area (Å²) >= 11 is 0. The summed E-state index contributed by atoms with van der Waals surface area (Å²) < 4.78 is 22.2. The first kappa shape index (κ1) is 21.2. The van der Waals surface area contributed by atoms with Crippen molar-refractivity contribution in [2.24, 2.45) is 0 Å². The smallest absolute Gasteiger partial charge is 0.261 e. The molecule has 6 rings (SSSR count). The number of fused-ring (bicyclic) bond motifs is 4. The third kappa shape index (κ3) is 3.59. The lowest BCUT2D eigenvalue weighted by Crippen LogP contribution is -2.21. The molecular weight excluding hydrogens is 445 g/mol. The second kappa shape index (κ2) is 8.48. The SMILES string of the molecule is COCc1nn2c(ncc3c(=O)n(CCc4c[nH]c5ccccc45)ccc32)c1-c1ccc(F)cc1. The average Bonchev–Trinajstić information content (AvgIpc) is 3.46. The average molecular weight is 468 g/mol. The molecule has 0 unspecified atom stereocenters. The third-order valence-corrected chi connectivity index (χ3v) is 6.37. The van der Waals surface area contributed by atoms with Crippen LogP contribution in [0, 0.1) is 5.82 Å². The van der Waals surface area contributed by atoms with Crippen LogP contribution in [0.25, 0.3) is 38.6 Å². The first-order valence-electron chi connectivity index (χ1n) is 11.3. The third-order valence-electron chi connectivity index (χ3n) is 6.37. The number of ether oxygens (including phenoxy) is 1. The number of nitrogens with zero attached hydrogens (tertiary/aromatic N) is 4. The van der Waals surface area contributed by atoms with Gasteiger partial charge in [0.25, 0.3) is 5.56 Å². The molecule has 0 saturated carbocycles. The zero-order valence-corrected chi connectivity index (χ0v) is 19.0. The fourth-order valence-corrected chi connectivity index (χ4v) is 4.66. The van der Waals surface area contributed by atoms with Gasteiger partial charge in [0, 0.05) is 43.1 Å². The Hall–Kier alpha value is -4.30. The van der Waals surface area contributed by atoms with Crippen molar-refractivity contribution < 1.29 is 9.13 Å². The Kier molecular flexibility index (Phi) is 5.15. The van der Waals surface area contributed by atoms with E-state index in [1.165, 1.54) is 23.1 Å². The minimum Gasteiger partial charge on any atom is -0.378 e. The number of aromatic amines is 1. The number of benzene rings is 2. The number of nitrogens with one attached hydrogen (secondary N) is 1. The summed E-state index contributed by atoms with van der Waals surface area (Å²) in [6, 6.07) is 16.2. The summed E-state index contributed by atoms with van der Waals surface area (Å²) in [6.45, 7) is 0.808. The molecule has 0 radical (unpaired) electrons. The van der Waals surface area contributed by atoms with E-state index in [2.05, 4.69) is 16.0 Å². The lowest BCUT2D eigenvalue weighted by molar-refractivity contribution is 0.181. The maximum atomic E-state index is 13.5. The number of hydrogen-bond acceptors (Lipinski definition) is 4. The quantitative estimate of drug-likeness (QED) is 0.385. The second-order valence-electron chi connectivity index (χ2n) is 8.48. The van der Waals surface area contributed by atoms with Gasteiger partial charge < -0.3 is 14.3 Å². The number of para-hydroxylation sites is 1. The van der Waals surface area contributed by atoms with Gasteiger partial charge in [-0.25, -0.2) is 13.9 Å². The summed E-state index contributed by atoms with van der Waals surface area (Å²) in [5.41, 5.74) is 5.60. The van der Waals surface area contributed by atoms with Crippen LogP contribution in [0.4, 0.5) is 4.39 Å². The first-order chi connectivity index (χ1) is 17.1. The lowest BCUT2D eigenvalue weighted by Gasteiger charge is -2.08. The molecular formula is C27H22FN5O2. The Morgan fingerprint density at radius 2 is 1.89 bits per heavy atom. The molecule has 0 spiro atoms. The molecule has 0 saturated heterocycles. The Labute approximate surface area is 199 Å². The van der Waals surface area contributed by atoms with Crippen molar-refractivity contribution in [2.45, 2.75) is 19.6 Å². The van der Waals surface area contributed by atoms with E-state index in [0.717, 1.165) is 23.1 Å². The highest BCUT2D eigenvalue weighted by Gasteiger charge is 2.19. The molecule has 7 nitrogen and oxygen atoms in total. The molecule has 4 heterocycles. The lowest BCUT2D eigenvalue weighted by atomic mass is 10.1. The van der Waals surface area contributed by atoms with Crippen LogP contribution in [0.3, 0.4) is 0 Å². The summed E-state index contributed by atoms with van der Waals surface area (Å²) in [7, 11) is 1.59. The van der Waals surface area contributed by atoms with Crippen molar-refractivity contribution in [3.63, 3.8) is 0 Å². The van der Waals surface area contributed by atoms with Crippen molar-refractivity contribution in [3.05, 3.63) is 101 Å². The molecule has 4 aromatic heterocycles. The molecule has 174 valence electrons. The molecule has 0 amide bonds. The van der Waals surface area contributed by atoms with Crippen molar-refractivity contribution in [3.8, 4) is 11.1 Å². The Bertz CT molecular complexity index is 1750. The zero-order valence-electron chi connectivity index (χ0n) is 19.0. The molecule has 35 heavy (non-hydrogen) atoms. The van der Waals surface area contributed by atoms with E-state index in [1.54, 1.807) is 40.7 Å². The molecule has 0 atom stereocenters. The molecule has 0 fully saturated rings. The largest absolute Gasteiger partial charge is 0.378 e. The van der Waals surface area contributed by atoms with Crippen LogP contribution in [0.15, 0.2) is 78.0 Å². The van der Waals surface area contributed by atoms with Crippen LogP contribution in [0.2, 0.25) is 0 Å². The minimum atomic E-state index is -0.315. The van der Waals surface area contributed by atoms with E-state index < -0.39 is 0 Å². The van der Waals surface area contributed by atoms with Crippen LogP contribution < -0.4 is 5.56 Å². The predicted molar refractivity (Wildman–Crippen MR) is 133 cm³/mol. The zero-order chi connectivity index (χ0) is 23.9. The number of rotatable bonds is 6. The number of methoxy groups -OCH3 is 1. The highest BCUT2D eigenvalue weighted by molar-refractivity contribution is 5.86. The highest BCUT2D eigenvalue weighted by Crippen LogP contribution is 2.29. The van der Waals surface area contributed by atoms with E-state index in [-0.39, 0.29) is 18.0 Å². The number of pyridine rings is 1. The van der Waals surface area contributed by atoms with E-state index in [9.17, 15) is 9.18 Å². The van der Waals surface area contributed by atoms with Gasteiger partial charge >= 0.3 is 0 Å². The van der Waals surface area contributed by atoms with Gasteiger partial charge in [0.1, 0.15) is 5.82 Å². The first-order valence-corrected chi connectivity index (χ1v) is 11.3. The summed E-state index contributed by atoms with van der Waals surface area (Å²) in [4.78, 5) is 21.2. The molecule has 1 N–H and O–H groups in total. The van der Waals surface area contributed by atoms with Crippen LogP contribution in [-0.4, -0.2) is 31.3 Å². The predicted octanol–water partition coefficient (Wildman–Crippen LogP) is 4.72. The fraction of sp³-hybridized carbons (Fsp3) is 0.148. The van der Waals surface area contributed by atoms with Crippen LogP contribution in [0.1, 0.15) is 11.3 Å². The Balaban J connectivity index is 1.42. The molecule has 0 aliphatic carbocycles. The van der Waals surface area contributed by atoms with Gasteiger partial charge in [-0.2, -0.15) is 5.10 Å². The van der Waals surface area contributed by atoms with E-state index in [1.807, 2.05) is 30.5 Å². The maximum Gasteiger partial charge on any atom is 0.261 e. The van der Waals surface area contributed by atoms with Gasteiger partial charge in [-0.15, -0.1) is 0 Å². The topological polar surface area (TPSA) is 77.2 Å². The summed E-state index contributed by atoms with van der Waals surface area (Å²) in [5.74, 6) is -0.315. The number of hydrogen-bond donors (Lipinski definition) is 1. The molecule has 0 bridgehead atoms. The molecule has 2 aromatic carbocycles. The summed E-state index contributed by atoms with van der Waals surface area (Å²) in [5, 5.41) is 6.35. The number of H-pyrrole nitrogens is 1. The van der Waals surface area contributed by atoms with Crippen LogP contribution >= 0.6 is 0 Å². The van der Waals surface area contributed by atoms with Gasteiger partial charge in [0.05, 0.1) is 28.8 Å². The van der Waals surface area contributed by atoms with Gasteiger partial charge in [0.2, 0.25) is 0 Å². The van der Waals surface area contributed by atoms with E-state index in [0.29, 0.717) is 28.8 Å². The van der Waals surface area contributed by atoms with Crippen LogP contribution in [-0.2, 0) is 24.3 Å². The van der Waals surface area contributed by atoms with Crippen molar-refractivity contribution in [1.29, 1.82) is 0 Å². The summed E-state index contributed by atoms with van der Waals surface area (Å²) in [6.07, 6.45) is 6.12. The van der Waals surface area contributed by atoms with Gasteiger partial charge in [-0.05, 0) is 41.8 Å². The molecule has 0 aliphatic heterocycles. The van der Waals surface area contributed by atoms with Crippen LogP contribution in [0.5, 0.6) is 0 Å². The highest BCUT2D eigenvalue weighted by atomic mass is 19.1. The Morgan fingerprint density at radius 3 is 2.71 bits per heavy atom. The van der Waals surface area contributed by atoms with Crippen molar-refractivity contribution in [1.82, 2.24) is 24.1 Å². The Morgan fingerprint density at radius 1 is 1.06 bits per heavy atom. The monoisotopic (exact) mass is 467 g/mol. The molecule has 8 heteroatoms. The second-order valence-corrected chi connectivity index (χ2v) is 8.48. The molecule has 6 aromatic rings.